The predicted octanol–water partition coefficient (Wildman–Crippen LogP) is 5.65. The summed E-state index contributed by atoms with van der Waals surface area (Å²) in [5, 5.41) is 0. The van der Waals surface area contributed by atoms with Crippen molar-refractivity contribution in [3.05, 3.63) is 89.6 Å². The van der Waals surface area contributed by atoms with Crippen molar-refractivity contribution in [3.63, 3.8) is 0 Å². The van der Waals surface area contributed by atoms with E-state index in [1.807, 2.05) is 80.5 Å². The Morgan fingerprint density at radius 2 is 1.30 bits per heavy atom. The number of Topliss-reactive ketones (excluding diaryl/α,β-unsaturated/α-hetero) is 2. The van der Waals surface area contributed by atoms with Crippen molar-refractivity contribution in [1.29, 1.82) is 0 Å². The van der Waals surface area contributed by atoms with Gasteiger partial charge in [0.1, 0.15) is 0 Å². The van der Waals surface area contributed by atoms with Crippen molar-refractivity contribution in [2.45, 2.75) is 106 Å². The van der Waals surface area contributed by atoms with Crippen LogP contribution < -0.4 is 16.8 Å². The molecule has 3 N–H and O–H groups in total. The number of ketones is 2. The van der Waals surface area contributed by atoms with Gasteiger partial charge in [-0.2, -0.15) is 0 Å². The second kappa shape index (κ2) is 13.2. The van der Waals surface area contributed by atoms with E-state index in [2.05, 4.69) is 15.0 Å². The molecule has 2 aliphatic carbocycles. The van der Waals surface area contributed by atoms with Crippen molar-refractivity contribution in [2.24, 2.45) is 5.41 Å². The van der Waals surface area contributed by atoms with Crippen molar-refractivity contribution in [2.75, 3.05) is 0 Å². The molecule has 0 saturated carbocycles. The van der Waals surface area contributed by atoms with Crippen LogP contribution in [-0.2, 0) is 20.4 Å². The van der Waals surface area contributed by atoms with Gasteiger partial charge in [-0.3, -0.25) is 24.2 Å². The Balaban J connectivity index is 0.000000303. The van der Waals surface area contributed by atoms with Gasteiger partial charge in [-0.15, -0.1) is 0 Å². The Morgan fingerprint density at radius 1 is 0.700 bits per heavy atom. The number of hydrogen-bond acceptors (Lipinski definition) is 5. The molecule has 4 rings (SSSR count). The summed E-state index contributed by atoms with van der Waals surface area (Å²) in [6, 6.07) is 3.71. The Bertz CT molecular complexity index is 1450. The number of pyridine rings is 1. The van der Waals surface area contributed by atoms with Crippen molar-refractivity contribution < 1.29 is 9.59 Å². The van der Waals surface area contributed by atoms with Crippen LogP contribution in [-0.4, -0.2) is 26.5 Å². The van der Waals surface area contributed by atoms with Gasteiger partial charge in [0.25, 0.3) is 11.1 Å². The van der Waals surface area contributed by atoms with E-state index >= 15 is 0 Å². The third-order valence-corrected chi connectivity index (χ3v) is 6.59. The fourth-order valence-electron chi connectivity index (χ4n) is 4.42. The summed E-state index contributed by atoms with van der Waals surface area (Å²) >= 11 is 0. The van der Waals surface area contributed by atoms with Crippen LogP contribution in [0.15, 0.2) is 61.7 Å². The first-order valence-electron chi connectivity index (χ1n) is 13.3. The number of rotatable bonds is 0. The average molecular weight is 554 g/mol. The lowest BCUT2D eigenvalue weighted by molar-refractivity contribution is -0.116. The molecule has 0 fully saturated rings. The first-order valence-corrected chi connectivity index (χ1v) is 13.3. The molecule has 220 valence electrons. The molecule has 0 radical (unpaired) electrons. The molecule has 2 aromatic rings. The number of allylic oxidation sites excluding steroid dienone is 4. The minimum atomic E-state index is -0.465. The fourth-order valence-corrected chi connectivity index (χ4v) is 4.42. The highest BCUT2D eigenvalue weighted by molar-refractivity contribution is 6.08. The summed E-state index contributed by atoms with van der Waals surface area (Å²) < 4.78 is 0. The molecule has 2 aliphatic rings. The summed E-state index contributed by atoms with van der Waals surface area (Å²) in [5.74, 6) is 0.413. The zero-order chi connectivity index (χ0) is 29.8. The summed E-state index contributed by atoms with van der Waals surface area (Å²) in [5.41, 5.74) is 2.90. The van der Waals surface area contributed by atoms with Crippen LogP contribution >= 0.6 is 0 Å². The molecular weight excluding hydrogens is 506 g/mol. The van der Waals surface area contributed by atoms with Gasteiger partial charge in [0, 0.05) is 47.5 Å². The van der Waals surface area contributed by atoms with E-state index in [9.17, 15) is 24.0 Å². The van der Waals surface area contributed by atoms with E-state index in [1.165, 1.54) is 6.20 Å². The second-order valence-electron chi connectivity index (χ2n) is 13.1. The number of aromatic amines is 3. The molecule has 0 saturated heterocycles. The van der Waals surface area contributed by atoms with Gasteiger partial charge in [-0.05, 0) is 41.2 Å². The summed E-state index contributed by atoms with van der Waals surface area (Å²) in [6.45, 7) is 17.9. The third kappa shape index (κ3) is 9.28. The van der Waals surface area contributed by atoms with E-state index < -0.39 is 5.69 Å². The maximum absolute atomic E-state index is 12.0. The predicted molar refractivity (Wildman–Crippen MR) is 162 cm³/mol. The fraction of sp³-hybridized carbons (Fsp3) is 0.531. The van der Waals surface area contributed by atoms with Gasteiger partial charge in [0.15, 0.2) is 11.6 Å². The number of nitrogens with one attached hydrogen (secondary N) is 3. The SMILES string of the molecule is C.CC(C)(C)C1=CC2=C(CCCC2=O)CC1=O.CC(C)(C)c1c[nH]c(=O)[nH]c1=O.CC(C)(C)c1ccc[nH]c1=O. The van der Waals surface area contributed by atoms with E-state index in [1.54, 1.807) is 6.20 Å². The molecule has 0 aromatic carbocycles. The quantitative estimate of drug-likeness (QED) is 0.388. The van der Waals surface area contributed by atoms with Crippen LogP contribution in [0.1, 0.15) is 107 Å². The van der Waals surface area contributed by atoms with Crippen LogP contribution in [0.5, 0.6) is 0 Å². The lowest BCUT2D eigenvalue weighted by Gasteiger charge is -2.28. The average Bonchev–Trinajstić information content (AvgIpc) is 2.77. The molecule has 8 nitrogen and oxygen atoms in total. The zero-order valence-electron chi connectivity index (χ0n) is 24.8. The van der Waals surface area contributed by atoms with Crippen molar-refractivity contribution in [1.82, 2.24) is 15.0 Å². The number of aromatic nitrogens is 3. The van der Waals surface area contributed by atoms with Crippen molar-refractivity contribution in [3.8, 4) is 0 Å². The highest BCUT2D eigenvalue weighted by Crippen LogP contribution is 2.37. The van der Waals surface area contributed by atoms with Gasteiger partial charge >= 0.3 is 5.69 Å². The zero-order valence-corrected chi connectivity index (χ0v) is 24.8. The van der Waals surface area contributed by atoms with Crippen LogP contribution in [0.4, 0.5) is 0 Å². The number of H-pyrrole nitrogens is 3. The van der Waals surface area contributed by atoms with E-state index in [0.717, 1.165) is 35.1 Å². The molecule has 0 bridgehead atoms. The first kappa shape index (κ1) is 34.5. The second-order valence-corrected chi connectivity index (χ2v) is 13.1. The highest BCUT2D eigenvalue weighted by atomic mass is 16.2. The Labute approximate surface area is 237 Å². The first-order chi connectivity index (χ1) is 17.8. The molecule has 2 aromatic heterocycles. The third-order valence-electron chi connectivity index (χ3n) is 6.59. The number of carbonyl (C=O) groups excluding carboxylic acids is 2. The lowest BCUT2D eigenvalue weighted by Crippen LogP contribution is -2.30. The van der Waals surface area contributed by atoms with Gasteiger partial charge in [-0.1, -0.05) is 81.4 Å². The van der Waals surface area contributed by atoms with Crippen molar-refractivity contribution >= 4 is 11.6 Å². The summed E-state index contributed by atoms with van der Waals surface area (Å²) in [7, 11) is 0. The lowest BCUT2D eigenvalue weighted by atomic mass is 9.74. The topological polar surface area (TPSA) is 133 Å². The van der Waals surface area contributed by atoms with Crippen LogP contribution in [0.25, 0.3) is 0 Å². The summed E-state index contributed by atoms with van der Waals surface area (Å²) in [4.78, 5) is 64.1. The van der Waals surface area contributed by atoms with Crippen LogP contribution in [0, 0.1) is 5.41 Å². The maximum Gasteiger partial charge on any atom is 0.325 e. The molecule has 0 spiro atoms. The highest BCUT2D eigenvalue weighted by Gasteiger charge is 2.32. The minimum Gasteiger partial charge on any atom is -0.329 e. The minimum absolute atomic E-state index is 0. The molecule has 8 heteroatoms. The Kier molecular flexibility index (Phi) is 11.4. The summed E-state index contributed by atoms with van der Waals surface area (Å²) in [6.07, 6.45) is 7.89. The van der Waals surface area contributed by atoms with E-state index in [0.29, 0.717) is 18.4 Å². The molecule has 0 aliphatic heterocycles. The smallest absolute Gasteiger partial charge is 0.325 e. The van der Waals surface area contributed by atoms with Gasteiger partial charge < -0.3 is 9.97 Å². The van der Waals surface area contributed by atoms with E-state index in [4.69, 9.17) is 0 Å². The molecule has 2 heterocycles. The van der Waals surface area contributed by atoms with Crippen LogP contribution in [0.3, 0.4) is 0 Å². The number of hydrogen-bond donors (Lipinski definition) is 3. The molecular formula is C32H47N3O5. The van der Waals surface area contributed by atoms with Gasteiger partial charge in [0.2, 0.25) is 0 Å². The van der Waals surface area contributed by atoms with Gasteiger partial charge in [0.05, 0.1) is 0 Å². The normalized spacial score (nSPS) is 15.5. The number of carbonyl (C=O) groups is 2. The largest absolute Gasteiger partial charge is 0.329 e. The molecule has 0 unspecified atom stereocenters. The Morgan fingerprint density at radius 3 is 1.77 bits per heavy atom. The molecule has 0 amide bonds. The molecule has 0 atom stereocenters. The van der Waals surface area contributed by atoms with Gasteiger partial charge in [-0.25, -0.2) is 4.79 Å². The standard InChI is InChI=1S/C14H18O2.C9H13NO.C8H12N2O2.CH4/c1-14(2,3)11-8-10-9(7-13(11)16)5-4-6-12(10)15;1-9(2,3)7-5-4-6-10-8(7)11;1-8(2,3)5-4-9-7(12)10-6(5)11;/h8H,4-7H2,1-3H3;4-6H,1-3H3,(H,10,11);4H,1-3H3,(H2,9,10,11,12);1H4. The maximum atomic E-state index is 12.0. The van der Waals surface area contributed by atoms with E-state index in [-0.39, 0.29) is 46.4 Å². The Hall–Kier alpha value is -3.55. The van der Waals surface area contributed by atoms with Crippen LogP contribution in [0.2, 0.25) is 0 Å². The molecule has 40 heavy (non-hydrogen) atoms. The monoisotopic (exact) mass is 553 g/mol.